The van der Waals surface area contributed by atoms with Crippen LogP contribution in [0.4, 0.5) is 5.69 Å². The third-order valence-corrected chi connectivity index (χ3v) is 3.34. The van der Waals surface area contributed by atoms with Crippen molar-refractivity contribution in [2.24, 2.45) is 0 Å². The molecule has 0 amide bonds. The first-order chi connectivity index (χ1) is 10.8. The second-order valence-electron chi connectivity index (χ2n) is 5.15. The Balaban J connectivity index is 2.58. The van der Waals surface area contributed by atoms with Crippen molar-refractivity contribution in [1.82, 2.24) is 0 Å². The van der Waals surface area contributed by atoms with E-state index in [1.54, 1.807) is 12.1 Å². The van der Waals surface area contributed by atoms with Crippen LogP contribution in [0.3, 0.4) is 0 Å². The number of Topliss-reactive ketones (excluding diaryl/α,β-unsaturated/α-hetero) is 1. The van der Waals surface area contributed by atoms with Crippen LogP contribution in [0.15, 0.2) is 36.4 Å². The van der Waals surface area contributed by atoms with Gasteiger partial charge < -0.3 is 10.2 Å². The number of nitro groups is 1. The molecule has 0 saturated carbocycles. The molecule has 2 N–H and O–H groups in total. The largest absolute Gasteiger partial charge is 0.504 e. The number of benzene rings is 2. The Morgan fingerprint density at radius 2 is 1.78 bits per heavy atom. The maximum atomic E-state index is 11.9. The van der Waals surface area contributed by atoms with Gasteiger partial charge >= 0.3 is 5.69 Å². The molecule has 6 heteroatoms. The Hall–Kier alpha value is -3.15. The first-order valence-corrected chi connectivity index (χ1v) is 6.79. The number of phenols is 2. The lowest BCUT2D eigenvalue weighted by atomic mass is 9.98. The van der Waals surface area contributed by atoms with E-state index < -0.39 is 22.1 Å². The predicted octanol–water partition coefficient (Wildman–Crippen LogP) is 3.44. The van der Waals surface area contributed by atoms with Crippen molar-refractivity contribution in [1.29, 1.82) is 0 Å². The molecule has 0 spiro atoms. The van der Waals surface area contributed by atoms with Crippen LogP contribution in [-0.4, -0.2) is 20.9 Å². The molecule has 0 atom stereocenters. The fourth-order valence-electron chi connectivity index (χ4n) is 2.14. The fraction of sp³-hybridized carbons (Fsp3) is 0.118. The minimum absolute atomic E-state index is 0.218. The summed E-state index contributed by atoms with van der Waals surface area (Å²) >= 11 is 0. The number of ketones is 1. The van der Waals surface area contributed by atoms with Crippen LogP contribution in [0.2, 0.25) is 0 Å². The normalized spacial score (nSPS) is 11.3. The fourth-order valence-corrected chi connectivity index (χ4v) is 2.14. The second-order valence-corrected chi connectivity index (χ2v) is 5.15. The molecule has 2 aromatic carbocycles. The average molecular weight is 313 g/mol. The van der Waals surface area contributed by atoms with Crippen molar-refractivity contribution in [3.63, 3.8) is 0 Å². The Morgan fingerprint density at radius 3 is 2.30 bits per heavy atom. The lowest BCUT2D eigenvalue weighted by molar-refractivity contribution is -0.386. The number of allylic oxidation sites excluding steroid dienone is 1. The van der Waals surface area contributed by atoms with E-state index in [2.05, 4.69) is 0 Å². The zero-order valence-corrected chi connectivity index (χ0v) is 12.6. The lowest BCUT2D eigenvalue weighted by Gasteiger charge is -2.06. The van der Waals surface area contributed by atoms with Gasteiger partial charge in [-0.05, 0) is 37.1 Å². The maximum Gasteiger partial charge on any atom is 0.315 e. The third kappa shape index (κ3) is 3.55. The first-order valence-electron chi connectivity index (χ1n) is 6.79. The highest BCUT2D eigenvalue weighted by Crippen LogP contribution is 2.37. The quantitative estimate of drug-likeness (QED) is 0.296. The van der Waals surface area contributed by atoms with Gasteiger partial charge in [-0.3, -0.25) is 14.9 Å². The predicted molar refractivity (Wildman–Crippen MR) is 86.2 cm³/mol. The standard InChI is InChI=1S/C17H15NO5/c1-10-3-5-13(6-4-10)14(11(2)19)7-12-8-15(18(22)23)17(21)16(20)9-12/h3-9,20-21H,1-2H3. The summed E-state index contributed by atoms with van der Waals surface area (Å²) in [6.45, 7) is 3.31. The molecule has 0 aromatic heterocycles. The molecule has 23 heavy (non-hydrogen) atoms. The van der Waals surface area contributed by atoms with Crippen molar-refractivity contribution in [2.45, 2.75) is 13.8 Å². The number of carbonyl (C=O) groups is 1. The lowest BCUT2D eigenvalue weighted by Crippen LogP contribution is -1.97. The summed E-state index contributed by atoms with van der Waals surface area (Å²) in [5, 5.41) is 30.0. The Kier molecular flexibility index (Phi) is 4.45. The molecule has 0 bridgehead atoms. The minimum Gasteiger partial charge on any atom is -0.504 e. The van der Waals surface area contributed by atoms with Gasteiger partial charge in [0.25, 0.3) is 0 Å². The molecule has 0 aliphatic rings. The van der Waals surface area contributed by atoms with Gasteiger partial charge in [-0.2, -0.15) is 0 Å². The minimum atomic E-state index is -0.800. The van der Waals surface area contributed by atoms with Crippen molar-refractivity contribution in [3.8, 4) is 11.5 Å². The van der Waals surface area contributed by atoms with Gasteiger partial charge in [-0.15, -0.1) is 0 Å². The first kappa shape index (κ1) is 16.2. The van der Waals surface area contributed by atoms with Crippen LogP contribution in [0.1, 0.15) is 23.6 Å². The number of phenolic OH excluding ortho intramolecular Hbond substituents is 2. The van der Waals surface area contributed by atoms with E-state index in [4.69, 9.17) is 0 Å². The maximum absolute atomic E-state index is 11.9. The highest BCUT2D eigenvalue weighted by Gasteiger charge is 2.19. The SMILES string of the molecule is CC(=O)C(=Cc1cc(O)c(O)c([N+](=O)[O-])c1)c1ccc(C)cc1. The Bertz CT molecular complexity index is 806. The number of hydrogen-bond acceptors (Lipinski definition) is 5. The van der Waals surface area contributed by atoms with Gasteiger partial charge in [0.05, 0.1) is 4.92 Å². The molecule has 0 heterocycles. The zero-order chi connectivity index (χ0) is 17.1. The molecule has 0 unspecified atom stereocenters. The molecule has 0 aliphatic heterocycles. The number of carbonyl (C=O) groups excluding carboxylic acids is 1. The van der Waals surface area contributed by atoms with Gasteiger partial charge in [-0.25, -0.2) is 0 Å². The molecule has 2 aromatic rings. The van der Waals surface area contributed by atoms with Crippen molar-refractivity contribution < 1.29 is 19.9 Å². The number of nitrogens with zero attached hydrogens (tertiary/aromatic N) is 1. The second kappa shape index (κ2) is 6.31. The molecule has 0 aliphatic carbocycles. The van der Waals surface area contributed by atoms with Crippen LogP contribution >= 0.6 is 0 Å². The summed E-state index contributed by atoms with van der Waals surface area (Å²) in [5.41, 5.74) is 1.68. The van der Waals surface area contributed by atoms with Gasteiger partial charge in [0.15, 0.2) is 11.5 Å². The molecular weight excluding hydrogens is 298 g/mol. The van der Waals surface area contributed by atoms with Gasteiger partial charge in [0.2, 0.25) is 5.75 Å². The van der Waals surface area contributed by atoms with Crippen LogP contribution in [0.25, 0.3) is 11.6 Å². The van der Waals surface area contributed by atoms with Crippen molar-refractivity contribution >= 4 is 23.1 Å². The topological polar surface area (TPSA) is 101 Å². The summed E-state index contributed by atoms with van der Waals surface area (Å²) in [6.07, 6.45) is 1.44. The summed E-state index contributed by atoms with van der Waals surface area (Å²) in [5.74, 6) is -1.63. The summed E-state index contributed by atoms with van der Waals surface area (Å²) in [6, 6.07) is 9.52. The Labute approximate surface area is 132 Å². The number of aryl methyl sites for hydroxylation is 1. The van der Waals surface area contributed by atoms with E-state index >= 15 is 0 Å². The third-order valence-electron chi connectivity index (χ3n) is 3.34. The highest BCUT2D eigenvalue weighted by molar-refractivity contribution is 6.24. The van der Waals surface area contributed by atoms with E-state index in [0.717, 1.165) is 11.6 Å². The summed E-state index contributed by atoms with van der Waals surface area (Å²) in [7, 11) is 0. The molecule has 6 nitrogen and oxygen atoms in total. The van der Waals surface area contributed by atoms with Crippen molar-refractivity contribution in [2.75, 3.05) is 0 Å². The van der Waals surface area contributed by atoms with Crippen LogP contribution in [0, 0.1) is 17.0 Å². The van der Waals surface area contributed by atoms with Gasteiger partial charge in [0, 0.05) is 11.6 Å². The Morgan fingerprint density at radius 1 is 1.17 bits per heavy atom. The van der Waals surface area contributed by atoms with Crippen LogP contribution in [-0.2, 0) is 4.79 Å². The number of hydrogen-bond donors (Lipinski definition) is 2. The van der Waals surface area contributed by atoms with Crippen molar-refractivity contribution in [3.05, 3.63) is 63.2 Å². The van der Waals surface area contributed by atoms with E-state index in [0.29, 0.717) is 11.1 Å². The average Bonchev–Trinajstić information content (AvgIpc) is 2.48. The molecule has 0 saturated heterocycles. The van der Waals surface area contributed by atoms with Crippen LogP contribution in [0.5, 0.6) is 11.5 Å². The molecule has 2 rings (SSSR count). The van der Waals surface area contributed by atoms with Crippen LogP contribution < -0.4 is 0 Å². The summed E-state index contributed by atoms with van der Waals surface area (Å²) < 4.78 is 0. The number of nitro benzene ring substituents is 1. The van der Waals surface area contributed by atoms with E-state index in [1.165, 1.54) is 19.1 Å². The molecule has 118 valence electrons. The monoisotopic (exact) mass is 313 g/mol. The van der Waals surface area contributed by atoms with Gasteiger partial charge in [-0.1, -0.05) is 29.8 Å². The summed E-state index contributed by atoms with van der Waals surface area (Å²) in [4.78, 5) is 22.0. The van der Waals surface area contributed by atoms with Gasteiger partial charge in [0.1, 0.15) is 0 Å². The molecule has 0 radical (unpaired) electrons. The van der Waals surface area contributed by atoms with E-state index in [-0.39, 0.29) is 11.3 Å². The molecular formula is C17H15NO5. The number of rotatable bonds is 4. The number of aromatic hydroxyl groups is 2. The highest BCUT2D eigenvalue weighted by atomic mass is 16.6. The zero-order valence-electron chi connectivity index (χ0n) is 12.6. The van der Waals surface area contributed by atoms with E-state index in [1.807, 2.05) is 19.1 Å². The smallest absolute Gasteiger partial charge is 0.315 e. The molecule has 0 fully saturated rings. The van der Waals surface area contributed by atoms with E-state index in [9.17, 15) is 25.1 Å².